The molecule has 0 saturated carbocycles. The summed E-state index contributed by atoms with van der Waals surface area (Å²) in [6, 6.07) is 7.04. The number of amides is 2. The summed E-state index contributed by atoms with van der Waals surface area (Å²) in [5.74, 6) is -1.25. The summed E-state index contributed by atoms with van der Waals surface area (Å²) in [7, 11) is 0. The highest BCUT2D eigenvalue weighted by atomic mass is 35.5. The minimum absolute atomic E-state index is 0.231. The Bertz CT molecular complexity index is 499. The molecule has 1 aliphatic heterocycles. The highest BCUT2D eigenvalue weighted by Crippen LogP contribution is 2.11. The molecular weight excluding hydrogens is 266 g/mol. The number of nitrogens with zero attached hydrogens (tertiary/aromatic N) is 1. The number of benzene rings is 1. The Morgan fingerprint density at radius 3 is 2.84 bits per heavy atom. The lowest BCUT2D eigenvalue weighted by Crippen LogP contribution is -2.43. The van der Waals surface area contributed by atoms with Crippen LogP contribution in [0.15, 0.2) is 29.4 Å². The van der Waals surface area contributed by atoms with E-state index in [2.05, 4.69) is 15.8 Å². The maximum absolute atomic E-state index is 11.7. The predicted molar refractivity (Wildman–Crippen MR) is 72.9 cm³/mol. The Hall–Kier alpha value is -1.88. The molecule has 0 unspecified atom stereocenters. The molecule has 1 aromatic rings. The lowest BCUT2D eigenvalue weighted by atomic mass is 9.98. The molecule has 100 valence electrons. The molecule has 5 nitrogen and oxygen atoms in total. The van der Waals surface area contributed by atoms with E-state index in [0.29, 0.717) is 18.0 Å². The zero-order valence-electron chi connectivity index (χ0n) is 10.2. The first-order valence-corrected chi connectivity index (χ1v) is 6.41. The van der Waals surface area contributed by atoms with E-state index in [1.807, 2.05) is 0 Å². The van der Waals surface area contributed by atoms with E-state index in [4.69, 9.17) is 11.6 Å². The number of hydrazone groups is 1. The van der Waals surface area contributed by atoms with E-state index in [0.717, 1.165) is 12.0 Å². The Morgan fingerprint density at radius 1 is 1.42 bits per heavy atom. The first kappa shape index (κ1) is 13.5. The SMILES string of the molecule is O=C1NCCC[C@H]1C(=O)NN=Cc1ccc(Cl)cc1. The van der Waals surface area contributed by atoms with E-state index in [1.165, 1.54) is 6.21 Å². The highest BCUT2D eigenvalue weighted by Gasteiger charge is 2.28. The van der Waals surface area contributed by atoms with Crippen LogP contribution in [0.5, 0.6) is 0 Å². The van der Waals surface area contributed by atoms with Crippen molar-refractivity contribution in [2.75, 3.05) is 6.54 Å². The van der Waals surface area contributed by atoms with Crippen LogP contribution in [0.4, 0.5) is 0 Å². The predicted octanol–water partition coefficient (Wildman–Crippen LogP) is 1.32. The number of hydrogen-bond donors (Lipinski definition) is 2. The Balaban J connectivity index is 1.89. The molecule has 19 heavy (non-hydrogen) atoms. The lowest BCUT2D eigenvalue weighted by molar-refractivity contribution is -0.136. The molecular formula is C13H14ClN3O2. The smallest absolute Gasteiger partial charge is 0.252 e. The fourth-order valence-electron chi connectivity index (χ4n) is 1.82. The molecule has 0 aromatic heterocycles. The molecule has 0 bridgehead atoms. The summed E-state index contributed by atoms with van der Waals surface area (Å²) in [5, 5.41) is 7.13. The number of nitrogens with one attached hydrogen (secondary N) is 2. The standard InChI is InChI=1S/C13H14ClN3O2/c14-10-5-3-9(4-6-10)8-16-17-13(19)11-2-1-7-15-12(11)18/h3-6,8,11H,1-2,7H2,(H,15,18)(H,17,19)/t11-/m1/s1. The molecule has 2 rings (SSSR count). The van der Waals surface area contributed by atoms with Gasteiger partial charge >= 0.3 is 0 Å². The molecule has 2 amide bonds. The molecule has 6 heteroatoms. The fourth-order valence-corrected chi connectivity index (χ4v) is 1.95. The average Bonchev–Trinajstić information content (AvgIpc) is 2.41. The summed E-state index contributed by atoms with van der Waals surface area (Å²) >= 11 is 5.76. The van der Waals surface area contributed by atoms with E-state index in [-0.39, 0.29) is 11.8 Å². The lowest BCUT2D eigenvalue weighted by Gasteiger charge is -2.19. The van der Waals surface area contributed by atoms with Gasteiger partial charge in [-0.15, -0.1) is 0 Å². The quantitative estimate of drug-likeness (QED) is 0.498. The number of halogens is 1. The molecule has 1 heterocycles. The minimum Gasteiger partial charge on any atom is -0.355 e. The van der Waals surface area contributed by atoms with Crippen molar-refractivity contribution >= 4 is 29.6 Å². The first-order chi connectivity index (χ1) is 9.16. The average molecular weight is 280 g/mol. The molecule has 0 spiro atoms. The third-order valence-electron chi connectivity index (χ3n) is 2.86. The van der Waals surface area contributed by atoms with Gasteiger partial charge in [0.1, 0.15) is 5.92 Å². The molecule has 1 saturated heterocycles. The summed E-state index contributed by atoms with van der Waals surface area (Å²) in [6.45, 7) is 0.636. The van der Waals surface area contributed by atoms with Crippen LogP contribution >= 0.6 is 11.6 Å². The van der Waals surface area contributed by atoms with Gasteiger partial charge in [0.15, 0.2) is 0 Å². The van der Waals surface area contributed by atoms with E-state index >= 15 is 0 Å². The molecule has 1 atom stereocenters. The van der Waals surface area contributed by atoms with Crippen molar-refractivity contribution in [3.63, 3.8) is 0 Å². The summed E-state index contributed by atoms with van der Waals surface area (Å²) in [6.07, 6.45) is 2.88. The van der Waals surface area contributed by atoms with Crippen molar-refractivity contribution in [2.24, 2.45) is 11.0 Å². The number of piperidine rings is 1. The minimum atomic E-state index is -0.642. The number of carbonyl (C=O) groups is 2. The number of carbonyl (C=O) groups excluding carboxylic acids is 2. The van der Waals surface area contributed by atoms with Crippen LogP contribution in [0, 0.1) is 5.92 Å². The van der Waals surface area contributed by atoms with Crippen LogP contribution in [0.3, 0.4) is 0 Å². The molecule has 0 radical (unpaired) electrons. The maximum Gasteiger partial charge on any atom is 0.252 e. The second kappa shape index (κ2) is 6.33. The van der Waals surface area contributed by atoms with Gasteiger partial charge in [-0.05, 0) is 30.5 Å². The van der Waals surface area contributed by atoms with Crippen molar-refractivity contribution < 1.29 is 9.59 Å². The Kier molecular flexibility index (Phi) is 4.52. The first-order valence-electron chi connectivity index (χ1n) is 6.03. The van der Waals surface area contributed by atoms with Gasteiger partial charge in [0.25, 0.3) is 5.91 Å². The molecule has 1 fully saturated rings. The van der Waals surface area contributed by atoms with E-state index in [1.54, 1.807) is 24.3 Å². The Morgan fingerprint density at radius 2 is 2.16 bits per heavy atom. The second-order valence-corrected chi connectivity index (χ2v) is 4.71. The number of hydrogen-bond acceptors (Lipinski definition) is 3. The van der Waals surface area contributed by atoms with Crippen molar-refractivity contribution in [3.05, 3.63) is 34.9 Å². The highest BCUT2D eigenvalue weighted by molar-refractivity contribution is 6.30. The van der Waals surface area contributed by atoms with Crippen molar-refractivity contribution in [2.45, 2.75) is 12.8 Å². The van der Waals surface area contributed by atoms with Gasteiger partial charge in [-0.3, -0.25) is 9.59 Å². The van der Waals surface area contributed by atoms with Gasteiger partial charge in [0.05, 0.1) is 6.21 Å². The van der Waals surface area contributed by atoms with Gasteiger partial charge in [0.2, 0.25) is 5.91 Å². The molecule has 1 aromatic carbocycles. The van der Waals surface area contributed by atoms with Gasteiger partial charge < -0.3 is 5.32 Å². The maximum atomic E-state index is 11.7. The number of rotatable bonds is 3. The summed E-state index contributed by atoms with van der Waals surface area (Å²) in [5.41, 5.74) is 3.20. The topological polar surface area (TPSA) is 70.6 Å². The monoisotopic (exact) mass is 279 g/mol. The zero-order chi connectivity index (χ0) is 13.7. The molecule has 0 aliphatic carbocycles. The largest absolute Gasteiger partial charge is 0.355 e. The van der Waals surface area contributed by atoms with Crippen LogP contribution in [-0.2, 0) is 9.59 Å². The third kappa shape index (κ3) is 3.79. The Labute approximate surface area is 116 Å². The summed E-state index contributed by atoms with van der Waals surface area (Å²) in [4.78, 5) is 23.2. The fraction of sp³-hybridized carbons (Fsp3) is 0.308. The molecule has 2 N–H and O–H groups in total. The van der Waals surface area contributed by atoms with Crippen LogP contribution in [0.2, 0.25) is 5.02 Å². The van der Waals surface area contributed by atoms with Crippen molar-refractivity contribution in [1.82, 2.24) is 10.7 Å². The molecule has 1 aliphatic rings. The third-order valence-corrected chi connectivity index (χ3v) is 3.11. The van der Waals surface area contributed by atoms with Crippen LogP contribution in [0.1, 0.15) is 18.4 Å². The van der Waals surface area contributed by atoms with Crippen LogP contribution in [-0.4, -0.2) is 24.6 Å². The zero-order valence-corrected chi connectivity index (χ0v) is 11.0. The van der Waals surface area contributed by atoms with E-state index < -0.39 is 5.92 Å². The summed E-state index contributed by atoms with van der Waals surface area (Å²) < 4.78 is 0. The van der Waals surface area contributed by atoms with Crippen LogP contribution < -0.4 is 10.7 Å². The van der Waals surface area contributed by atoms with Crippen molar-refractivity contribution in [1.29, 1.82) is 0 Å². The van der Waals surface area contributed by atoms with E-state index in [9.17, 15) is 9.59 Å². The van der Waals surface area contributed by atoms with Gasteiger partial charge in [-0.25, -0.2) is 5.43 Å². The van der Waals surface area contributed by atoms with Gasteiger partial charge in [0, 0.05) is 11.6 Å². The van der Waals surface area contributed by atoms with Crippen LogP contribution in [0.25, 0.3) is 0 Å². The second-order valence-electron chi connectivity index (χ2n) is 4.27. The van der Waals surface area contributed by atoms with Crippen molar-refractivity contribution in [3.8, 4) is 0 Å². The van der Waals surface area contributed by atoms with Gasteiger partial charge in [-0.1, -0.05) is 23.7 Å². The van der Waals surface area contributed by atoms with Gasteiger partial charge in [-0.2, -0.15) is 5.10 Å². The normalized spacial score (nSPS) is 19.2.